The first kappa shape index (κ1) is 12.6. The maximum absolute atomic E-state index is 12.0. The van der Waals surface area contributed by atoms with Crippen LogP contribution in [0.2, 0.25) is 0 Å². The van der Waals surface area contributed by atoms with Crippen molar-refractivity contribution in [3.05, 3.63) is 0 Å². The highest BCUT2D eigenvalue weighted by atomic mass is 16.2. The summed E-state index contributed by atoms with van der Waals surface area (Å²) in [7, 11) is 0. The van der Waals surface area contributed by atoms with Crippen molar-refractivity contribution in [2.75, 3.05) is 6.54 Å². The van der Waals surface area contributed by atoms with Gasteiger partial charge in [0.15, 0.2) is 0 Å². The van der Waals surface area contributed by atoms with Gasteiger partial charge in [-0.15, -0.1) is 0 Å². The van der Waals surface area contributed by atoms with Crippen LogP contribution in [0.3, 0.4) is 0 Å². The van der Waals surface area contributed by atoms with Crippen LogP contribution < -0.4 is 5.32 Å². The SMILES string of the molecule is CC(C)CCCNC1CC(=O)N(C2CC2)C1=O. The Bertz CT molecular complexity index is 311. The van der Waals surface area contributed by atoms with Gasteiger partial charge in [0, 0.05) is 6.04 Å². The lowest BCUT2D eigenvalue weighted by atomic mass is 10.1. The topological polar surface area (TPSA) is 49.4 Å². The molecule has 4 heteroatoms. The van der Waals surface area contributed by atoms with Gasteiger partial charge < -0.3 is 5.32 Å². The van der Waals surface area contributed by atoms with Crippen LogP contribution in [0.4, 0.5) is 0 Å². The number of rotatable bonds is 6. The standard InChI is InChI=1S/C13H22N2O2/c1-9(2)4-3-7-14-11-8-12(16)15(13(11)17)10-5-6-10/h9-11,14H,3-8H2,1-2H3. The molecule has 4 nitrogen and oxygen atoms in total. The smallest absolute Gasteiger partial charge is 0.247 e. The van der Waals surface area contributed by atoms with Crippen molar-refractivity contribution >= 4 is 11.8 Å². The van der Waals surface area contributed by atoms with Crippen molar-refractivity contribution in [1.29, 1.82) is 0 Å². The lowest BCUT2D eigenvalue weighted by molar-refractivity contribution is -0.139. The Morgan fingerprint density at radius 2 is 2.06 bits per heavy atom. The van der Waals surface area contributed by atoms with Gasteiger partial charge in [-0.05, 0) is 38.1 Å². The van der Waals surface area contributed by atoms with E-state index in [0.717, 1.165) is 32.2 Å². The van der Waals surface area contributed by atoms with Gasteiger partial charge in [0.25, 0.3) is 0 Å². The minimum atomic E-state index is -0.254. The maximum Gasteiger partial charge on any atom is 0.247 e. The number of imide groups is 1. The van der Waals surface area contributed by atoms with E-state index in [1.807, 2.05) is 0 Å². The molecular formula is C13H22N2O2. The van der Waals surface area contributed by atoms with Crippen LogP contribution in [0.25, 0.3) is 0 Å². The monoisotopic (exact) mass is 238 g/mol. The predicted molar refractivity (Wildman–Crippen MR) is 65.4 cm³/mol. The molecule has 2 rings (SSSR count). The third-order valence-electron chi connectivity index (χ3n) is 3.44. The number of hydrogen-bond donors (Lipinski definition) is 1. The number of nitrogens with zero attached hydrogens (tertiary/aromatic N) is 1. The van der Waals surface area contributed by atoms with Crippen LogP contribution in [-0.4, -0.2) is 35.3 Å². The highest BCUT2D eigenvalue weighted by Crippen LogP contribution is 2.31. The van der Waals surface area contributed by atoms with Crippen LogP contribution in [-0.2, 0) is 9.59 Å². The summed E-state index contributed by atoms with van der Waals surface area (Å²) < 4.78 is 0. The molecule has 2 fully saturated rings. The quantitative estimate of drug-likeness (QED) is 0.560. The van der Waals surface area contributed by atoms with Crippen molar-refractivity contribution in [3.63, 3.8) is 0 Å². The Morgan fingerprint density at radius 1 is 1.35 bits per heavy atom. The molecule has 1 saturated carbocycles. The second-order valence-corrected chi connectivity index (χ2v) is 5.58. The largest absolute Gasteiger partial charge is 0.305 e. The van der Waals surface area contributed by atoms with E-state index in [4.69, 9.17) is 0 Å². The third kappa shape index (κ3) is 3.06. The first-order valence-electron chi connectivity index (χ1n) is 6.69. The number of carbonyl (C=O) groups is 2. The third-order valence-corrected chi connectivity index (χ3v) is 3.44. The molecule has 1 N–H and O–H groups in total. The van der Waals surface area contributed by atoms with E-state index in [2.05, 4.69) is 19.2 Å². The molecule has 0 bridgehead atoms. The molecular weight excluding hydrogens is 216 g/mol. The van der Waals surface area contributed by atoms with E-state index in [1.165, 1.54) is 4.90 Å². The van der Waals surface area contributed by atoms with Gasteiger partial charge in [0.1, 0.15) is 0 Å². The summed E-state index contributed by atoms with van der Waals surface area (Å²) in [4.78, 5) is 25.1. The van der Waals surface area contributed by atoms with Crippen molar-refractivity contribution in [2.24, 2.45) is 5.92 Å². The first-order valence-corrected chi connectivity index (χ1v) is 6.69. The molecule has 1 saturated heterocycles. The molecule has 17 heavy (non-hydrogen) atoms. The molecule has 1 unspecified atom stereocenters. The van der Waals surface area contributed by atoms with Crippen molar-refractivity contribution < 1.29 is 9.59 Å². The predicted octanol–water partition coefficient (Wildman–Crippen LogP) is 1.30. The Morgan fingerprint density at radius 3 is 2.65 bits per heavy atom. The molecule has 0 spiro atoms. The van der Waals surface area contributed by atoms with E-state index >= 15 is 0 Å². The molecule has 96 valence electrons. The molecule has 0 radical (unpaired) electrons. The normalized spacial score (nSPS) is 25.1. The lowest BCUT2D eigenvalue weighted by Gasteiger charge is -2.14. The van der Waals surface area contributed by atoms with Gasteiger partial charge in [-0.2, -0.15) is 0 Å². The summed E-state index contributed by atoms with van der Waals surface area (Å²) in [6, 6.07) is -0.0345. The van der Waals surface area contributed by atoms with Crippen LogP contribution >= 0.6 is 0 Å². The van der Waals surface area contributed by atoms with Gasteiger partial charge >= 0.3 is 0 Å². The highest BCUT2D eigenvalue weighted by molar-refractivity contribution is 6.06. The fourth-order valence-corrected chi connectivity index (χ4v) is 2.31. The number of amides is 2. The Kier molecular flexibility index (Phi) is 3.82. The molecule has 0 aromatic carbocycles. The van der Waals surface area contributed by atoms with E-state index in [9.17, 15) is 9.59 Å². The second kappa shape index (κ2) is 5.17. The zero-order valence-electron chi connectivity index (χ0n) is 10.7. The van der Waals surface area contributed by atoms with Crippen molar-refractivity contribution in [3.8, 4) is 0 Å². The molecule has 2 amide bonds. The zero-order chi connectivity index (χ0) is 12.4. The van der Waals surface area contributed by atoms with Crippen molar-refractivity contribution in [2.45, 2.75) is 58.0 Å². The number of hydrogen-bond acceptors (Lipinski definition) is 3. The van der Waals surface area contributed by atoms with Gasteiger partial charge in [-0.25, -0.2) is 0 Å². The molecule has 1 atom stereocenters. The van der Waals surface area contributed by atoms with Crippen LogP contribution in [0, 0.1) is 5.92 Å². The zero-order valence-corrected chi connectivity index (χ0v) is 10.7. The van der Waals surface area contributed by atoms with Gasteiger partial charge in [-0.3, -0.25) is 14.5 Å². The van der Waals surface area contributed by atoms with Crippen LogP contribution in [0.15, 0.2) is 0 Å². The van der Waals surface area contributed by atoms with E-state index in [0.29, 0.717) is 12.3 Å². The van der Waals surface area contributed by atoms with E-state index < -0.39 is 0 Å². The molecule has 1 heterocycles. The minimum Gasteiger partial charge on any atom is -0.305 e. The second-order valence-electron chi connectivity index (χ2n) is 5.58. The summed E-state index contributed by atoms with van der Waals surface area (Å²) in [6.45, 7) is 5.22. The molecule has 1 aliphatic heterocycles. The molecule has 0 aromatic heterocycles. The van der Waals surface area contributed by atoms with Crippen LogP contribution in [0.5, 0.6) is 0 Å². The molecule has 0 aromatic rings. The summed E-state index contributed by atoms with van der Waals surface area (Å²) in [6.07, 6.45) is 4.58. The Labute approximate surface area is 103 Å². The average molecular weight is 238 g/mol. The summed E-state index contributed by atoms with van der Waals surface area (Å²) in [5.74, 6) is 0.710. The Balaban J connectivity index is 1.75. The number of carbonyl (C=O) groups excluding carboxylic acids is 2. The summed E-state index contributed by atoms with van der Waals surface area (Å²) >= 11 is 0. The number of likely N-dealkylation sites (tertiary alicyclic amines) is 1. The number of nitrogens with one attached hydrogen (secondary N) is 1. The van der Waals surface area contributed by atoms with E-state index in [1.54, 1.807) is 0 Å². The summed E-state index contributed by atoms with van der Waals surface area (Å²) in [5.41, 5.74) is 0. The Hall–Kier alpha value is -0.900. The minimum absolute atomic E-state index is 0.00190. The highest BCUT2D eigenvalue weighted by Gasteiger charge is 2.45. The summed E-state index contributed by atoms with van der Waals surface area (Å²) in [5, 5.41) is 3.22. The van der Waals surface area contributed by atoms with Gasteiger partial charge in [0.05, 0.1) is 12.5 Å². The lowest BCUT2D eigenvalue weighted by Crippen LogP contribution is -2.40. The fraction of sp³-hybridized carbons (Fsp3) is 0.846. The first-order chi connectivity index (χ1) is 8.09. The van der Waals surface area contributed by atoms with Gasteiger partial charge in [-0.1, -0.05) is 13.8 Å². The van der Waals surface area contributed by atoms with E-state index in [-0.39, 0.29) is 23.9 Å². The molecule has 2 aliphatic rings. The molecule has 1 aliphatic carbocycles. The average Bonchev–Trinajstić information content (AvgIpc) is 3.02. The fourth-order valence-electron chi connectivity index (χ4n) is 2.31. The van der Waals surface area contributed by atoms with Crippen molar-refractivity contribution in [1.82, 2.24) is 10.2 Å². The van der Waals surface area contributed by atoms with Gasteiger partial charge in [0.2, 0.25) is 11.8 Å². The van der Waals surface area contributed by atoms with Crippen LogP contribution in [0.1, 0.15) is 46.0 Å². The maximum atomic E-state index is 12.0.